The Morgan fingerprint density at radius 1 is 1.29 bits per heavy atom. The number of nitrogens with zero attached hydrogens (tertiary/aromatic N) is 1. The minimum Gasteiger partial charge on any atom is -0.388 e. The minimum atomic E-state index is -0.526. The maximum atomic E-state index is 12.6. The molecule has 24 heavy (non-hydrogen) atoms. The van der Waals surface area contributed by atoms with Crippen molar-refractivity contribution in [3.8, 4) is 0 Å². The van der Waals surface area contributed by atoms with E-state index in [4.69, 9.17) is 0 Å². The van der Waals surface area contributed by atoms with Crippen molar-refractivity contribution in [2.45, 2.75) is 46.3 Å². The van der Waals surface area contributed by atoms with Crippen molar-refractivity contribution < 1.29 is 9.90 Å². The molecule has 2 aromatic rings. The number of rotatable bonds is 6. The van der Waals surface area contributed by atoms with Crippen LogP contribution in [0, 0.1) is 19.3 Å². The van der Waals surface area contributed by atoms with Crippen LogP contribution >= 0.6 is 0 Å². The normalized spacial score (nSPS) is 16.7. The summed E-state index contributed by atoms with van der Waals surface area (Å²) in [6.45, 7) is 7.46. The largest absolute Gasteiger partial charge is 0.388 e. The van der Waals surface area contributed by atoms with E-state index >= 15 is 0 Å². The van der Waals surface area contributed by atoms with Crippen LogP contribution in [0.5, 0.6) is 0 Å². The summed E-state index contributed by atoms with van der Waals surface area (Å²) in [7, 11) is 0. The van der Waals surface area contributed by atoms with Crippen LogP contribution in [-0.4, -0.2) is 22.1 Å². The summed E-state index contributed by atoms with van der Waals surface area (Å²) in [5.41, 5.74) is 3.55. The maximum Gasteiger partial charge on any atom is 0.253 e. The average molecular weight is 326 g/mol. The molecule has 1 aliphatic carbocycles. The Kier molecular flexibility index (Phi) is 4.50. The van der Waals surface area contributed by atoms with Gasteiger partial charge < -0.3 is 15.0 Å². The number of carbonyl (C=O) groups excluding carboxylic acids is 1. The monoisotopic (exact) mass is 326 g/mol. The van der Waals surface area contributed by atoms with Crippen molar-refractivity contribution in [1.29, 1.82) is 0 Å². The second-order valence-corrected chi connectivity index (χ2v) is 6.89. The van der Waals surface area contributed by atoms with Crippen LogP contribution in [0.3, 0.4) is 0 Å². The zero-order chi connectivity index (χ0) is 17.3. The Balaban J connectivity index is 1.68. The third-order valence-corrected chi connectivity index (χ3v) is 5.32. The van der Waals surface area contributed by atoms with Crippen molar-refractivity contribution in [3.05, 3.63) is 58.9 Å². The van der Waals surface area contributed by atoms with Gasteiger partial charge in [-0.05, 0) is 45.2 Å². The fraction of sp³-hybridized carbons (Fsp3) is 0.450. The lowest BCUT2D eigenvalue weighted by Gasteiger charge is -2.23. The van der Waals surface area contributed by atoms with E-state index in [9.17, 15) is 9.90 Å². The standard InChI is InChI=1S/C20H26N2O2/c1-4-22-14(2)12-17(15(22)3)19(24)21-13-20(10-11-20)18(23)16-8-6-5-7-9-16/h5-9,12,18,23H,4,10-11,13H2,1-3H3,(H,21,24). The van der Waals surface area contributed by atoms with Gasteiger partial charge >= 0.3 is 0 Å². The molecule has 1 atom stereocenters. The van der Waals surface area contributed by atoms with Crippen LogP contribution < -0.4 is 5.32 Å². The van der Waals surface area contributed by atoms with E-state index < -0.39 is 6.10 Å². The molecule has 0 spiro atoms. The molecular formula is C20H26N2O2. The fourth-order valence-corrected chi connectivity index (χ4v) is 3.57. The van der Waals surface area contributed by atoms with Crippen molar-refractivity contribution in [3.63, 3.8) is 0 Å². The number of nitrogens with one attached hydrogen (secondary N) is 1. The number of hydrogen-bond acceptors (Lipinski definition) is 2. The molecule has 0 saturated heterocycles. The summed E-state index contributed by atoms with van der Waals surface area (Å²) >= 11 is 0. The second kappa shape index (κ2) is 6.44. The number of aliphatic hydroxyl groups is 1. The molecule has 1 unspecified atom stereocenters. The van der Waals surface area contributed by atoms with Gasteiger partial charge in [-0.1, -0.05) is 30.3 Å². The molecule has 2 N–H and O–H groups in total. The molecule has 1 heterocycles. The molecule has 1 saturated carbocycles. The topological polar surface area (TPSA) is 54.3 Å². The van der Waals surface area contributed by atoms with Gasteiger partial charge in [0.15, 0.2) is 0 Å². The highest BCUT2D eigenvalue weighted by Crippen LogP contribution is 2.54. The molecule has 0 aliphatic heterocycles. The molecule has 1 fully saturated rings. The Bertz CT molecular complexity index is 730. The lowest BCUT2D eigenvalue weighted by molar-refractivity contribution is 0.0807. The first-order valence-electron chi connectivity index (χ1n) is 8.66. The molecule has 1 aromatic heterocycles. The second-order valence-electron chi connectivity index (χ2n) is 6.89. The van der Waals surface area contributed by atoms with Gasteiger partial charge in [0.1, 0.15) is 0 Å². The molecule has 128 valence electrons. The van der Waals surface area contributed by atoms with Gasteiger partial charge in [0.2, 0.25) is 0 Å². The lowest BCUT2D eigenvalue weighted by atomic mass is 9.92. The van der Waals surface area contributed by atoms with Gasteiger partial charge in [-0.2, -0.15) is 0 Å². The van der Waals surface area contributed by atoms with E-state index in [0.29, 0.717) is 6.54 Å². The Morgan fingerprint density at radius 2 is 1.96 bits per heavy atom. The summed E-state index contributed by atoms with van der Waals surface area (Å²) < 4.78 is 2.14. The zero-order valence-electron chi connectivity index (χ0n) is 14.7. The maximum absolute atomic E-state index is 12.6. The number of aliphatic hydroxyl groups excluding tert-OH is 1. The van der Waals surface area contributed by atoms with Gasteiger partial charge in [-0.3, -0.25) is 4.79 Å². The predicted octanol–water partition coefficient (Wildman–Crippen LogP) is 3.37. The van der Waals surface area contributed by atoms with Crippen molar-refractivity contribution in [1.82, 2.24) is 9.88 Å². The Morgan fingerprint density at radius 3 is 2.50 bits per heavy atom. The first kappa shape index (κ1) is 16.8. The van der Waals surface area contributed by atoms with E-state index in [2.05, 4.69) is 16.8 Å². The molecule has 0 radical (unpaired) electrons. The van der Waals surface area contributed by atoms with E-state index in [-0.39, 0.29) is 11.3 Å². The smallest absolute Gasteiger partial charge is 0.253 e. The number of benzene rings is 1. The van der Waals surface area contributed by atoms with Gasteiger partial charge in [0.25, 0.3) is 5.91 Å². The highest BCUT2D eigenvalue weighted by Gasteiger charge is 2.49. The summed E-state index contributed by atoms with van der Waals surface area (Å²) in [6.07, 6.45) is 1.36. The van der Waals surface area contributed by atoms with Crippen molar-refractivity contribution >= 4 is 5.91 Å². The van der Waals surface area contributed by atoms with E-state index in [0.717, 1.165) is 41.9 Å². The summed E-state index contributed by atoms with van der Waals surface area (Å²) in [5.74, 6) is -0.0469. The summed E-state index contributed by atoms with van der Waals surface area (Å²) in [6, 6.07) is 11.7. The van der Waals surface area contributed by atoms with Gasteiger partial charge in [0, 0.05) is 29.9 Å². The summed E-state index contributed by atoms with van der Waals surface area (Å²) in [4.78, 5) is 12.6. The van der Waals surface area contributed by atoms with Crippen molar-refractivity contribution in [2.75, 3.05) is 6.54 Å². The summed E-state index contributed by atoms with van der Waals surface area (Å²) in [5, 5.41) is 13.7. The SMILES string of the molecule is CCn1c(C)cc(C(=O)NCC2(C(O)c3ccccc3)CC2)c1C. The fourth-order valence-electron chi connectivity index (χ4n) is 3.57. The molecule has 4 heteroatoms. The highest BCUT2D eigenvalue weighted by molar-refractivity contribution is 5.95. The van der Waals surface area contributed by atoms with E-state index in [1.165, 1.54) is 0 Å². The minimum absolute atomic E-state index is 0.0469. The van der Waals surface area contributed by atoms with Crippen LogP contribution in [0.15, 0.2) is 36.4 Å². The Hall–Kier alpha value is -2.07. The van der Waals surface area contributed by atoms with Gasteiger partial charge in [-0.15, -0.1) is 0 Å². The van der Waals surface area contributed by atoms with Gasteiger partial charge in [-0.25, -0.2) is 0 Å². The third-order valence-electron chi connectivity index (χ3n) is 5.32. The number of aromatic nitrogens is 1. The number of hydrogen-bond donors (Lipinski definition) is 2. The number of carbonyl (C=O) groups is 1. The predicted molar refractivity (Wildman–Crippen MR) is 95.0 cm³/mol. The average Bonchev–Trinajstić information content (AvgIpc) is 3.33. The molecular weight excluding hydrogens is 300 g/mol. The lowest BCUT2D eigenvalue weighted by Crippen LogP contribution is -2.33. The Labute approximate surface area is 143 Å². The molecule has 1 aliphatic rings. The first-order valence-corrected chi connectivity index (χ1v) is 8.66. The van der Waals surface area contributed by atoms with Crippen LogP contribution in [0.2, 0.25) is 0 Å². The molecule has 0 bridgehead atoms. The molecule has 3 rings (SSSR count). The number of amides is 1. The molecule has 1 amide bonds. The van der Waals surface area contributed by atoms with Crippen LogP contribution in [0.25, 0.3) is 0 Å². The van der Waals surface area contributed by atoms with Gasteiger partial charge in [0.05, 0.1) is 11.7 Å². The third kappa shape index (κ3) is 2.98. The first-order chi connectivity index (χ1) is 11.5. The highest BCUT2D eigenvalue weighted by atomic mass is 16.3. The number of aryl methyl sites for hydroxylation is 1. The quantitative estimate of drug-likeness (QED) is 0.855. The molecule has 1 aromatic carbocycles. The van der Waals surface area contributed by atoms with E-state index in [1.54, 1.807) is 0 Å². The van der Waals surface area contributed by atoms with Crippen LogP contribution in [-0.2, 0) is 6.54 Å². The van der Waals surface area contributed by atoms with E-state index in [1.807, 2.05) is 50.2 Å². The molecule has 4 nitrogen and oxygen atoms in total. The van der Waals surface area contributed by atoms with Crippen molar-refractivity contribution in [2.24, 2.45) is 5.41 Å². The van der Waals surface area contributed by atoms with Crippen LogP contribution in [0.1, 0.15) is 53.2 Å². The van der Waals surface area contributed by atoms with Crippen LogP contribution in [0.4, 0.5) is 0 Å². The zero-order valence-corrected chi connectivity index (χ0v) is 14.7.